The predicted molar refractivity (Wildman–Crippen MR) is 81.0 cm³/mol. The van der Waals surface area contributed by atoms with Crippen molar-refractivity contribution < 1.29 is 9.90 Å². The van der Waals surface area contributed by atoms with E-state index >= 15 is 0 Å². The number of hydrogen-bond donors (Lipinski definition) is 2. The van der Waals surface area contributed by atoms with Crippen LogP contribution in [-0.2, 0) is 10.5 Å². The van der Waals surface area contributed by atoms with Crippen molar-refractivity contribution in [2.45, 2.75) is 16.8 Å². The van der Waals surface area contributed by atoms with Crippen molar-refractivity contribution in [3.8, 4) is 0 Å². The molecule has 3 rings (SSSR count). The standard InChI is InChI=1S/C15H12ClNO2S/c16-12-4-2-1-3-9(12)8-20-10-5-6-11-13(7-10)17-15(19)14(11)18/h1-7,14,18H,8H2,(H,17,19). The van der Waals surface area contributed by atoms with E-state index in [9.17, 15) is 9.90 Å². The van der Waals surface area contributed by atoms with E-state index in [1.54, 1.807) is 17.8 Å². The van der Waals surface area contributed by atoms with Gasteiger partial charge < -0.3 is 10.4 Å². The molecule has 2 N–H and O–H groups in total. The average molecular weight is 306 g/mol. The van der Waals surface area contributed by atoms with Gasteiger partial charge in [-0.2, -0.15) is 0 Å². The third kappa shape index (κ3) is 2.54. The fourth-order valence-corrected chi connectivity index (χ4v) is 3.31. The van der Waals surface area contributed by atoms with Crippen molar-refractivity contribution in [1.29, 1.82) is 0 Å². The first-order chi connectivity index (χ1) is 9.65. The van der Waals surface area contributed by atoms with E-state index in [0.717, 1.165) is 21.2 Å². The van der Waals surface area contributed by atoms with Gasteiger partial charge in [-0.15, -0.1) is 11.8 Å². The molecule has 1 aliphatic rings. The third-order valence-electron chi connectivity index (χ3n) is 3.18. The monoisotopic (exact) mass is 305 g/mol. The Bertz CT molecular complexity index is 675. The Morgan fingerprint density at radius 2 is 2.05 bits per heavy atom. The van der Waals surface area contributed by atoms with Crippen LogP contribution in [0.2, 0.25) is 5.02 Å². The zero-order valence-electron chi connectivity index (χ0n) is 10.5. The molecule has 0 saturated heterocycles. The molecular weight excluding hydrogens is 294 g/mol. The van der Waals surface area contributed by atoms with Crippen LogP contribution >= 0.6 is 23.4 Å². The van der Waals surface area contributed by atoms with Gasteiger partial charge in [-0.1, -0.05) is 35.9 Å². The summed E-state index contributed by atoms with van der Waals surface area (Å²) in [5.74, 6) is 0.392. The number of benzene rings is 2. The summed E-state index contributed by atoms with van der Waals surface area (Å²) in [5, 5.41) is 13.1. The van der Waals surface area contributed by atoms with E-state index in [-0.39, 0.29) is 5.91 Å². The van der Waals surface area contributed by atoms with Gasteiger partial charge in [0.25, 0.3) is 5.91 Å². The number of hydrogen-bond acceptors (Lipinski definition) is 3. The fourth-order valence-electron chi connectivity index (χ4n) is 2.09. The molecule has 0 aromatic heterocycles. The maximum Gasteiger partial charge on any atom is 0.257 e. The number of nitrogens with one attached hydrogen (secondary N) is 1. The first-order valence-corrected chi connectivity index (χ1v) is 7.50. The van der Waals surface area contributed by atoms with Gasteiger partial charge in [0.2, 0.25) is 0 Å². The Hall–Kier alpha value is -1.49. The Labute approximate surface area is 126 Å². The first kappa shape index (κ1) is 13.5. The Morgan fingerprint density at radius 1 is 1.25 bits per heavy atom. The van der Waals surface area contributed by atoms with Crippen molar-refractivity contribution >= 4 is 35.0 Å². The Balaban J connectivity index is 1.76. The topological polar surface area (TPSA) is 49.3 Å². The number of carbonyl (C=O) groups excluding carboxylic acids is 1. The molecule has 102 valence electrons. The van der Waals surface area contributed by atoms with Gasteiger partial charge in [0.15, 0.2) is 6.10 Å². The van der Waals surface area contributed by atoms with Crippen LogP contribution in [0.5, 0.6) is 0 Å². The molecule has 1 aliphatic heterocycles. The van der Waals surface area contributed by atoms with Gasteiger partial charge in [0.05, 0.1) is 0 Å². The van der Waals surface area contributed by atoms with E-state index < -0.39 is 6.10 Å². The summed E-state index contributed by atoms with van der Waals surface area (Å²) in [6, 6.07) is 13.3. The summed E-state index contributed by atoms with van der Waals surface area (Å²) >= 11 is 7.76. The quantitative estimate of drug-likeness (QED) is 0.852. The SMILES string of the molecule is O=C1Nc2cc(SCc3ccccc3Cl)ccc2C1O. The van der Waals surface area contributed by atoms with Gasteiger partial charge in [0.1, 0.15) is 0 Å². The minimum atomic E-state index is -1.05. The smallest absolute Gasteiger partial charge is 0.257 e. The number of fused-ring (bicyclic) bond motifs is 1. The molecule has 5 heteroatoms. The molecule has 20 heavy (non-hydrogen) atoms. The number of amides is 1. The summed E-state index contributed by atoms with van der Waals surface area (Å²) in [5.41, 5.74) is 2.40. The minimum absolute atomic E-state index is 0.367. The highest BCUT2D eigenvalue weighted by Gasteiger charge is 2.28. The zero-order valence-corrected chi connectivity index (χ0v) is 12.0. The van der Waals surface area contributed by atoms with Gasteiger partial charge in [0, 0.05) is 26.9 Å². The van der Waals surface area contributed by atoms with Crippen LogP contribution in [0, 0.1) is 0 Å². The lowest BCUT2D eigenvalue weighted by Gasteiger charge is -2.06. The summed E-state index contributed by atoms with van der Waals surface area (Å²) in [4.78, 5) is 12.4. The van der Waals surface area contributed by atoms with E-state index in [0.29, 0.717) is 11.3 Å². The maximum atomic E-state index is 11.4. The molecule has 3 nitrogen and oxygen atoms in total. The number of thioether (sulfide) groups is 1. The van der Waals surface area contributed by atoms with Crippen LogP contribution in [0.15, 0.2) is 47.4 Å². The summed E-state index contributed by atoms with van der Waals surface area (Å²) < 4.78 is 0. The van der Waals surface area contributed by atoms with Gasteiger partial charge in [-0.05, 0) is 23.8 Å². The molecule has 0 spiro atoms. The minimum Gasteiger partial charge on any atom is -0.378 e. The molecule has 1 unspecified atom stereocenters. The number of anilines is 1. The van der Waals surface area contributed by atoms with Crippen LogP contribution in [0.25, 0.3) is 0 Å². The number of rotatable bonds is 3. The summed E-state index contributed by atoms with van der Waals surface area (Å²) in [6.45, 7) is 0. The van der Waals surface area contributed by atoms with Crippen molar-refractivity contribution in [3.05, 3.63) is 58.6 Å². The predicted octanol–water partition coefficient (Wildman–Crippen LogP) is 3.62. The number of halogens is 1. The second-order valence-corrected chi connectivity index (χ2v) is 5.98. The molecule has 1 amide bonds. The molecule has 0 aliphatic carbocycles. The van der Waals surface area contributed by atoms with Crippen molar-refractivity contribution in [2.24, 2.45) is 0 Å². The van der Waals surface area contributed by atoms with Crippen LogP contribution in [0.4, 0.5) is 5.69 Å². The van der Waals surface area contributed by atoms with Crippen LogP contribution in [-0.4, -0.2) is 11.0 Å². The lowest BCUT2D eigenvalue weighted by Crippen LogP contribution is -2.10. The normalized spacial score (nSPS) is 16.9. The lowest BCUT2D eigenvalue weighted by atomic mass is 10.1. The zero-order chi connectivity index (χ0) is 14.1. The highest BCUT2D eigenvalue weighted by molar-refractivity contribution is 7.98. The van der Waals surface area contributed by atoms with Crippen molar-refractivity contribution in [3.63, 3.8) is 0 Å². The number of carbonyl (C=O) groups is 1. The molecule has 0 fully saturated rings. The van der Waals surface area contributed by atoms with Gasteiger partial charge in [-0.25, -0.2) is 0 Å². The molecule has 2 aromatic carbocycles. The highest BCUT2D eigenvalue weighted by Crippen LogP contribution is 2.35. The molecular formula is C15H12ClNO2S. The molecule has 0 bridgehead atoms. The van der Waals surface area contributed by atoms with Gasteiger partial charge in [-0.3, -0.25) is 4.79 Å². The lowest BCUT2D eigenvalue weighted by molar-refractivity contribution is -0.123. The summed E-state index contributed by atoms with van der Waals surface area (Å²) in [6.07, 6.45) is -1.05. The van der Waals surface area contributed by atoms with E-state index in [2.05, 4.69) is 5.32 Å². The Kier molecular flexibility index (Phi) is 3.70. The van der Waals surface area contributed by atoms with Crippen LogP contribution < -0.4 is 5.32 Å². The highest BCUT2D eigenvalue weighted by atomic mass is 35.5. The fraction of sp³-hybridized carbons (Fsp3) is 0.133. The number of aliphatic hydroxyl groups excluding tert-OH is 1. The van der Waals surface area contributed by atoms with Gasteiger partial charge >= 0.3 is 0 Å². The third-order valence-corrected chi connectivity index (χ3v) is 4.59. The van der Waals surface area contributed by atoms with E-state index in [1.807, 2.05) is 36.4 Å². The van der Waals surface area contributed by atoms with Crippen LogP contribution in [0.3, 0.4) is 0 Å². The van der Waals surface area contributed by atoms with Crippen molar-refractivity contribution in [2.75, 3.05) is 5.32 Å². The van der Waals surface area contributed by atoms with E-state index in [1.165, 1.54) is 0 Å². The molecule has 0 saturated carbocycles. The average Bonchev–Trinajstić information content (AvgIpc) is 2.73. The number of aliphatic hydroxyl groups is 1. The second kappa shape index (κ2) is 5.48. The Morgan fingerprint density at radius 3 is 2.85 bits per heavy atom. The van der Waals surface area contributed by atoms with Crippen LogP contribution in [0.1, 0.15) is 17.2 Å². The molecule has 1 heterocycles. The van der Waals surface area contributed by atoms with E-state index in [4.69, 9.17) is 11.6 Å². The molecule has 2 aromatic rings. The second-order valence-electron chi connectivity index (χ2n) is 4.52. The molecule has 1 atom stereocenters. The largest absolute Gasteiger partial charge is 0.378 e. The van der Waals surface area contributed by atoms with Crippen molar-refractivity contribution in [1.82, 2.24) is 0 Å². The maximum absolute atomic E-state index is 11.4. The first-order valence-electron chi connectivity index (χ1n) is 6.14. The molecule has 0 radical (unpaired) electrons. The summed E-state index contributed by atoms with van der Waals surface area (Å²) in [7, 11) is 0.